The fraction of sp³-hybridized carbons (Fsp3) is 0. The average molecular weight is 716 g/mol. The minimum atomic E-state index is 0.571. The van der Waals surface area contributed by atoms with Gasteiger partial charge in [0, 0.05) is 45.4 Å². The summed E-state index contributed by atoms with van der Waals surface area (Å²) >= 11 is 0. The zero-order valence-corrected chi connectivity index (χ0v) is 30.3. The summed E-state index contributed by atoms with van der Waals surface area (Å²) in [5, 5.41) is 3.27. The zero-order chi connectivity index (χ0) is 37.3. The van der Waals surface area contributed by atoms with Crippen LogP contribution >= 0.6 is 0 Å². The first kappa shape index (κ1) is 33.0. The van der Waals surface area contributed by atoms with E-state index in [0.29, 0.717) is 17.5 Å². The molecule has 0 unspecified atom stereocenters. The lowest BCUT2D eigenvalue weighted by Crippen LogP contribution is -2.01. The lowest BCUT2D eigenvalue weighted by Gasteiger charge is -2.14. The first-order valence-corrected chi connectivity index (χ1v) is 18.7. The van der Waals surface area contributed by atoms with Crippen molar-refractivity contribution in [2.75, 3.05) is 0 Å². The monoisotopic (exact) mass is 715 g/mol. The van der Waals surface area contributed by atoms with Crippen LogP contribution in [0.3, 0.4) is 0 Å². The fourth-order valence-corrected chi connectivity index (χ4v) is 7.45. The SMILES string of the molecule is c1ccc(-c2cccc(-c3nc(-c4cccc(-c5ccccc5)c4)nc(-c4cc(-c5nccc6ccccc56)cc(-c5ccnc6ccccc56)c4)n3)c2)cc1. The maximum Gasteiger partial charge on any atom is 0.164 e. The summed E-state index contributed by atoms with van der Waals surface area (Å²) < 4.78 is 0. The van der Waals surface area contributed by atoms with Crippen LogP contribution in [0.15, 0.2) is 200 Å². The third-order valence-electron chi connectivity index (χ3n) is 10.2. The van der Waals surface area contributed by atoms with Crippen molar-refractivity contribution in [1.82, 2.24) is 24.9 Å². The predicted octanol–water partition coefficient (Wildman–Crippen LogP) is 12.6. The van der Waals surface area contributed by atoms with Crippen LogP contribution in [0.2, 0.25) is 0 Å². The lowest BCUT2D eigenvalue weighted by atomic mass is 9.94. The topological polar surface area (TPSA) is 64.5 Å². The maximum absolute atomic E-state index is 5.25. The summed E-state index contributed by atoms with van der Waals surface area (Å²) in [4.78, 5) is 25.3. The van der Waals surface area contributed by atoms with Gasteiger partial charge in [0.1, 0.15) is 0 Å². The predicted molar refractivity (Wildman–Crippen MR) is 228 cm³/mol. The second-order valence-electron chi connectivity index (χ2n) is 13.8. The van der Waals surface area contributed by atoms with E-state index in [0.717, 1.165) is 83.0 Å². The molecule has 0 atom stereocenters. The Morgan fingerprint density at radius 3 is 1.45 bits per heavy atom. The van der Waals surface area contributed by atoms with Crippen molar-refractivity contribution in [2.45, 2.75) is 0 Å². The number of nitrogens with zero attached hydrogens (tertiary/aromatic N) is 5. The first-order valence-electron chi connectivity index (χ1n) is 18.7. The lowest BCUT2D eigenvalue weighted by molar-refractivity contribution is 1.07. The highest BCUT2D eigenvalue weighted by molar-refractivity contribution is 5.99. The normalized spacial score (nSPS) is 11.2. The number of aromatic nitrogens is 5. The van der Waals surface area contributed by atoms with Gasteiger partial charge in [-0.1, -0.05) is 140 Å². The van der Waals surface area contributed by atoms with E-state index in [1.54, 1.807) is 0 Å². The Bertz CT molecular complexity index is 2820. The van der Waals surface area contributed by atoms with Crippen LogP contribution in [0, 0.1) is 0 Å². The van der Waals surface area contributed by atoms with Gasteiger partial charge in [-0.15, -0.1) is 0 Å². The Balaban J connectivity index is 1.22. The van der Waals surface area contributed by atoms with Crippen LogP contribution in [0.1, 0.15) is 0 Å². The van der Waals surface area contributed by atoms with Crippen molar-refractivity contribution in [3.8, 4) is 78.8 Å². The van der Waals surface area contributed by atoms with Crippen molar-refractivity contribution in [3.05, 3.63) is 200 Å². The third-order valence-corrected chi connectivity index (χ3v) is 10.2. The standard InChI is InChI=1S/C51H33N5/c1-3-13-34(14-4-1)37-18-11-20-39(29-37)49-54-50(40-21-12-19-38(30-40)35-15-5-2-6-16-35)56-51(55-49)43-32-41(44-26-28-52-47-24-10-9-23-46(44)47)31-42(33-43)48-45-22-8-7-17-36(45)25-27-53-48/h1-33H. The summed E-state index contributed by atoms with van der Waals surface area (Å²) in [5.41, 5.74) is 12.0. The molecule has 0 radical (unpaired) electrons. The van der Waals surface area contributed by atoms with Gasteiger partial charge < -0.3 is 0 Å². The minimum Gasteiger partial charge on any atom is -0.256 e. The second kappa shape index (κ2) is 14.3. The Hall–Kier alpha value is -7.63. The van der Waals surface area contributed by atoms with Crippen LogP contribution in [0.5, 0.6) is 0 Å². The number of pyridine rings is 2. The smallest absolute Gasteiger partial charge is 0.164 e. The van der Waals surface area contributed by atoms with E-state index in [4.69, 9.17) is 19.9 Å². The molecule has 7 aromatic carbocycles. The van der Waals surface area contributed by atoms with Gasteiger partial charge in [-0.05, 0) is 87.3 Å². The third kappa shape index (κ3) is 6.37. The van der Waals surface area contributed by atoms with Crippen molar-refractivity contribution in [1.29, 1.82) is 0 Å². The zero-order valence-electron chi connectivity index (χ0n) is 30.3. The second-order valence-corrected chi connectivity index (χ2v) is 13.8. The molecule has 0 fully saturated rings. The average Bonchev–Trinajstić information content (AvgIpc) is 3.29. The molecule has 5 heteroatoms. The maximum atomic E-state index is 5.25. The molecule has 0 aliphatic heterocycles. The highest BCUT2D eigenvalue weighted by Gasteiger charge is 2.18. The van der Waals surface area contributed by atoms with Gasteiger partial charge in [-0.3, -0.25) is 9.97 Å². The number of hydrogen-bond acceptors (Lipinski definition) is 5. The molecule has 0 bridgehead atoms. The Labute approximate surface area is 324 Å². The molecular weight excluding hydrogens is 683 g/mol. The van der Waals surface area contributed by atoms with Gasteiger partial charge in [-0.25, -0.2) is 15.0 Å². The fourth-order valence-electron chi connectivity index (χ4n) is 7.45. The first-order chi connectivity index (χ1) is 27.7. The van der Waals surface area contributed by atoms with E-state index in [1.165, 1.54) is 0 Å². The summed E-state index contributed by atoms with van der Waals surface area (Å²) in [6.45, 7) is 0. The number of benzene rings is 7. The molecule has 0 N–H and O–H groups in total. The summed E-state index contributed by atoms with van der Waals surface area (Å²) in [7, 11) is 0. The number of hydrogen-bond donors (Lipinski definition) is 0. The van der Waals surface area contributed by atoms with Gasteiger partial charge in [0.05, 0.1) is 11.2 Å². The Morgan fingerprint density at radius 1 is 0.286 bits per heavy atom. The molecule has 0 saturated heterocycles. The molecule has 0 amide bonds. The minimum absolute atomic E-state index is 0.571. The van der Waals surface area contributed by atoms with Gasteiger partial charge in [0.15, 0.2) is 17.5 Å². The van der Waals surface area contributed by atoms with E-state index in [9.17, 15) is 0 Å². The number of rotatable bonds is 7. The van der Waals surface area contributed by atoms with Gasteiger partial charge in [-0.2, -0.15) is 0 Å². The quantitative estimate of drug-likeness (QED) is 0.164. The molecule has 5 nitrogen and oxygen atoms in total. The largest absolute Gasteiger partial charge is 0.256 e. The molecule has 0 aliphatic carbocycles. The highest BCUT2D eigenvalue weighted by Crippen LogP contribution is 2.37. The molecular formula is C51H33N5. The van der Waals surface area contributed by atoms with E-state index in [2.05, 4.69) is 169 Å². The molecule has 3 heterocycles. The van der Waals surface area contributed by atoms with E-state index in [1.807, 2.05) is 36.7 Å². The summed E-state index contributed by atoms with van der Waals surface area (Å²) in [5.74, 6) is 1.76. The van der Waals surface area contributed by atoms with Crippen LogP contribution in [-0.4, -0.2) is 24.9 Å². The van der Waals surface area contributed by atoms with Gasteiger partial charge in [0.25, 0.3) is 0 Å². The Morgan fingerprint density at radius 2 is 0.768 bits per heavy atom. The molecule has 10 aromatic rings. The summed E-state index contributed by atoms with van der Waals surface area (Å²) in [6.07, 6.45) is 3.75. The molecule has 0 spiro atoms. The number of para-hydroxylation sites is 1. The Kier molecular flexibility index (Phi) is 8.43. The van der Waals surface area contributed by atoms with Crippen molar-refractivity contribution >= 4 is 21.7 Å². The molecule has 3 aromatic heterocycles. The highest BCUT2D eigenvalue weighted by atomic mass is 15.0. The van der Waals surface area contributed by atoms with Crippen LogP contribution in [-0.2, 0) is 0 Å². The van der Waals surface area contributed by atoms with E-state index >= 15 is 0 Å². The van der Waals surface area contributed by atoms with E-state index in [-0.39, 0.29) is 0 Å². The van der Waals surface area contributed by atoms with Crippen molar-refractivity contribution < 1.29 is 0 Å². The molecule has 0 saturated carbocycles. The molecule has 0 aliphatic rings. The molecule has 10 rings (SSSR count). The van der Waals surface area contributed by atoms with Gasteiger partial charge in [0.2, 0.25) is 0 Å². The van der Waals surface area contributed by atoms with Crippen molar-refractivity contribution in [2.24, 2.45) is 0 Å². The van der Waals surface area contributed by atoms with Crippen LogP contribution in [0.25, 0.3) is 100 Å². The van der Waals surface area contributed by atoms with Crippen LogP contribution < -0.4 is 0 Å². The van der Waals surface area contributed by atoms with Crippen molar-refractivity contribution in [3.63, 3.8) is 0 Å². The van der Waals surface area contributed by atoms with E-state index < -0.39 is 0 Å². The summed E-state index contributed by atoms with van der Waals surface area (Å²) in [6, 6.07) is 64.9. The van der Waals surface area contributed by atoms with Crippen LogP contribution in [0.4, 0.5) is 0 Å². The number of fused-ring (bicyclic) bond motifs is 2. The molecule has 56 heavy (non-hydrogen) atoms. The van der Waals surface area contributed by atoms with Gasteiger partial charge >= 0.3 is 0 Å². The molecule has 262 valence electrons.